The second-order valence-corrected chi connectivity index (χ2v) is 6.79. The van der Waals surface area contributed by atoms with Crippen LogP contribution >= 0.6 is 11.6 Å². The zero-order valence-corrected chi connectivity index (χ0v) is 16.1. The normalized spacial score (nSPS) is 10.7. The molecule has 138 valence electrons. The SMILES string of the molecule is Cc1cccc(C)c1NC(=O)COC(=O)c1cc2cc(Cl)ccc2nc1C. The number of para-hydroxylation sites is 1. The molecular weight excluding hydrogens is 364 g/mol. The minimum Gasteiger partial charge on any atom is -0.452 e. The fourth-order valence-corrected chi connectivity index (χ4v) is 3.03. The molecule has 1 heterocycles. The maximum absolute atomic E-state index is 12.4. The van der Waals surface area contributed by atoms with E-state index in [1.165, 1.54) is 0 Å². The smallest absolute Gasteiger partial charge is 0.340 e. The van der Waals surface area contributed by atoms with E-state index in [0.29, 0.717) is 16.3 Å². The molecule has 0 spiro atoms. The first-order valence-corrected chi connectivity index (χ1v) is 8.83. The molecule has 0 saturated carbocycles. The van der Waals surface area contributed by atoms with E-state index in [1.54, 1.807) is 31.2 Å². The molecule has 1 amide bonds. The number of pyridine rings is 1. The van der Waals surface area contributed by atoms with Crippen LogP contribution in [0.1, 0.15) is 27.2 Å². The Morgan fingerprint density at radius 1 is 1.07 bits per heavy atom. The Bertz CT molecular complexity index is 1030. The van der Waals surface area contributed by atoms with Gasteiger partial charge in [0, 0.05) is 16.1 Å². The van der Waals surface area contributed by atoms with Crippen LogP contribution in [0.3, 0.4) is 0 Å². The van der Waals surface area contributed by atoms with Crippen molar-refractivity contribution in [2.75, 3.05) is 11.9 Å². The number of esters is 1. The average Bonchev–Trinajstić information content (AvgIpc) is 2.62. The van der Waals surface area contributed by atoms with Gasteiger partial charge in [0.05, 0.1) is 16.8 Å². The topological polar surface area (TPSA) is 68.3 Å². The second kappa shape index (κ2) is 7.76. The molecule has 0 aliphatic carbocycles. The Balaban J connectivity index is 1.71. The first kappa shape index (κ1) is 18.9. The fourth-order valence-electron chi connectivity index (χ4n) is 2.85. The third kappa shape index (κ3) is 4.26. The Morgan fingerprint density at radius 2 is 1.78 bits per heavy atom. The van der Waals surface area contributed by atoms with Crippen LogP contribution in [0.2, 0.25) is 5.02 Å². The van der Waals surface area contributed by atoms with Gasteiger partial charge in [-0.2, -0.15) is 0 Å². The highest BCUT2D eigenvalue weighted by atomic mass is 35.5. The summed E-state index contributed by atoms with van der Waals surface area (Å²) in [5, 5.41) is 4.08. The second-order valence-electron chi connectivity index (χ2n) is 6.35. The molecule has 0 atom stereocenters. The number of aryl methyl sites for hydroxylation is 3. The molecule has 1 aromatic heterocycles. The predicted octanol–water partition coefficient (Wildman–Crippen LogP) is 4.61. The van der Waals surface area contributed by atoms with Crippen LogP contribution in [-0.4, -0.2) is 23.5 Å². The van der Waals surface area contributed by atoms with E-state index < -0.39 is 11.9 Å². The number of carbonyl (C=O) groups is 2. The lowest BCUT2D eigenvalue weighted by atomic mass is 10.1. The van der Waals surface area contributed by atoms with Gasteiger partial charge >= 0.3 is 5.97 Å². The monoisotopic (exact) mass is 382 g/mol. The molecule has 27 heavy (non-hydrogen) atoms. The van der Waals surface area contributed by atoms with E-state index in [4.69, 9.17) is 16.3 Å². The van der Waals surface area contributed by atoms with Crippen molar-refractivity contribution >= 4 is 40.1 Å². The molecule has 0 unspecified atom stereocenters. The summed E-state index contributed by atoms with van der Waals surface area (Å²) in [6.07, 6.45) is 0. The van der Waals surface area contributed by atoms with Crippen LogP contribution in [0.5, 0.6) is 0 Å². The molecule has 3 rings (SSSR count). The number of hydrogen-bond acceptors (Lipinski definition) is 4. The number of nitrogens with one attached hydrogen (secondary N) is 1. The van der Waals surface area contributed by atoms with Crippen molar-refractivity contribution in [3.63, 3.8) is 0 Å². The van der Waals surface area contributed by atoms with Crippen LogP contribution in [0, 0.1) is 20.8 Å². The number of fused-ring (bicyclic) bond motifs is 1. The third-order valence-corrected chi connectivity index (χ3v) is 4.50. The molecule has 0 aliphatic heterocycles. The number of rotatable bonds is 4. The number of ether oxygens (including phenoxy) is 1. The lowest BCUT2D eigenvalue weighted by Crippen LogP contribution is -2.22. The van der Waals surface area contributed by atoms with Crippen molar-refractivity contribution in [2.45, 2.75) is 20.8 Å². The van der Waals surface area contributed by atoms with E-state index in [-0.39, 0.29) is 6.61 Å². The zero-order chi connectivity index (χ0) is 19.6. The molecule has 3 aromatic rings. The van der Waals surface area contributed by atoms with Gasteiger partial charge in [-0.1, -0.05) is 29.8 Å². The Morgan fingerprint density at radius 3 is 2.48 bits per heavy atom. The predicted molar refractivity (Wildman–Crippen MR) is 106 cm³/mol. The van der Waals surface area contributed by atoms with Crippen LogP contribution in [0.25, 0.3) is 10.9 Å². The van der Waals surface area contributed by atoms with Crippen molar-refractivity contribution in [1.82, 2.24) is 4.98 Å². The van der Waals surface area contributed by atoms with Crippen molar-refractivity contribution in [2.24, 2.45) is 0 Å². The van der Waals surface area contributed by atoms with Crippen molar-refractivity contribution in [3.05, 3.63) is 69.9 Å². The summed E-state index contributed by atoms with van der Waals surface area (Å²) in [6.45, 7) is 5.16. The Kier molecular flexibility index (Phi) is 5.42. The van der Waals surface area contributed by atoms with Gasteiger partial charge in [0.15, 0.2) is 6.61 Å². The number of hydrogen-bond donors (Lipinski definition) is 1. The standard InChI is InChI=1S/C21H19ClN2O3/c1-12-5-4-6-13(2)20(12)24-19(25)11-27-21(26)17-10-15-9-16(22)7-8-18(15)23-14(17)3/h4-10H,11H2,1-3H3,(H,24,25). The summed E-state index contributed by atoms with van der Waals surface area (Å²) in [7, 11) is 0. The third-order valence-electron chi connectivity index (χ3n) is 4.27. The van der Waals surface area contributed by atoms with Gasteiger partial charge in [-0.05, 0) is 56.2 Å². The van der Waals surface area contributed by atoms with E-state index in [1.807, 2.05) is 32.0 Å². The number of aromatic nitrogens is 1. The van der Waals surface area contributed by atoms with Crippen LogP contribution < -0.4 is 5.32 Å². The van der Waals surface area contributed by atoms with Gasteiger partial charge in [0.25, 0.3) is 5.91 Å². The fraction of sp³-hybridized carbons (Fsp3) is 0.190. The molecule has 5 nitrogen and oxygen atoms in total. The molecule has 0 bridgehead atoms. The lowest BCUT2D eigenvalue weighted by Gasteiger charge is -2.12. The van der Waals surface area contributed by atoms with Crippen molar-refractivity contribution < 1.29 is 14.3 Å². The molecule has 1 N–H and O–H groups in total. The maximum atomic E-state index is 12.4. The summed E-state index contributed by atoms with van der Waals surface area (Å²) < 4.78 is 5.18. The number of carbonyl (C=O) groups excluding carboxylic acids is 2. The molecule has 2 aromatic carbocycles. The summed E-state index contributed by atoms with van der Waals surface area (Å²) in [5.74, 6) is -0.992. The number of amides is 1. The summed E-state index contributed by atoms with van der Waals surface area (Å²) >= 11 is 6.00. The van der Waals surface area contributed by atoms with E-state index >= 15 is 0 Å². The Hall–Kier alpha value is -2.92. The molecule has 0 radical (unpaired) electrons. The summed E-state index contributed by atoms with van der Waals surface area (Å²) in [6, 6.07) is 12.7. The highest BCUT2D eigenvalue weighted by Gasteiger charge is 2.16. The van der Waals surface area contributed by atoms with E-state index in [0.717, 1.165) is 27.7 Å². The first-order chi connectivity index (χ1) is 12.8. The number of nitrogens with zero attached hydrogens (tertiary/aromatic N) is 1. The number of anilines is 1. The maximum Gasteiger partial charge on any atom is 0.340 e. The van der Waals surface area contributed by atoms with Crippen molar-refractivity contribution in [1.29, 1.82) is 0 Å². The quantitative estimate of drug-likeness (QED) is 0.669. The average molecular weight is 383 g/mol. The molecular formula is C21H19ClN2O3. The van der Waals surface area contributed by atoms with Crippen molar-refractivity contribution in [3.8, 4) is 0 Å². The van der Waals surface area contributed by atoms with Gasteiger partial charge in [0.1, 0.15) is 0 Å². The largest absolute Gasteiger partial charge is 0.452 e. The van der Waals surface area contributed by atoms with Gasteiger partial charge in [-0.15, -0.1) is 0 Å². The highest BCUT2D eigenvalue weighted by Crippen LogP contribution is 2.22. The molecule has 6 heteroatoms. The van der Waals surface area contributed by atoms with Crippen LogP contribution in [0.4, 0.5) is 5.69 Å². The lowest BCUT2D eigenvalue weighted by molar-refractivity contribution is -0.119. The van der Waals surface area contributed by atoms with Gasteiger partial charge < -0.3 is 10.1 Å². The number of benzene rings is 2. The van der Waals surface area contributed by atoms with Crippen LogP contribution in [0.15, 0.2) is 42.5 Å². The molecule has 0 aliphatic rings. The first-order valence-electron chi connectivity index (χ1n) is 8.45. The molecule has 0 fully saturated rings. The highest BCUT2D eigenvalue weighted by molar-refractivity contribution is 6.31. The minimum atomic E-state index is -0.599. The van der Waals surface area contributed by atoms with Crippen LogP contribution in [-0.2, 0) is 9.53 Å². The van der Waals surface area contributed by atoms with Gasteiger partial charge in [-0.25, -0.2) is 4.79 Å². The number of halogens is 1. The summed E-state index contributed by atoms with van der Waals surface area (Å²) in [4.78, 5) is 29.0. The minimum absolute atomic E-state index is 0.310. The molecule has 0 saturated heterocycles. The van der Waals surface area contributed by atoms with Gasteiger partial charge in [0.2, 0.25) is 0 Å². The van der Waals surface area contributed by atoms with E-state index in [9.17, 15) is 9.59 Å². The zero-order valence-electron chi connectivity index (χ0n) is 15.3. The Labute approximate surface area is 162 Å². The summed E-state index contributed by atoms with van der Waals surface area (Å²) in [5.41, 5.74) is 4.20. The van der Waals surface area contributed by atoms with Gasteiger partial charge in [-0.3, -0.25) is 9.78 Å². The van der Waals surface area contributed by atoms with E-state index in [2.05, 4.69) is 10.3 Å².